The molecule has 0 spiro atoms. The van der Waals surface area contributed by atoms with Crippen LogP contribution in [0, 0.1) is 24.2 Å². The molecule has 1 aliphatic heterocycles. The first-order valence-corrected chi connectivity index (χ1v) is 6.97. The number of piperidine rings is 1. The van der Waals surface area contributed by atoms with Crippen LogP contribution in [-0.4, -0.2) is 30.5 Å². The Bertz CT molecular complexity index is 535. The molecule has 2 heterocycles. The van der Waals surface area contributed by atoms with Crippen molar-refractivity contribution < 1.29 is 4.79 Å². The lowest BCUT2D eigenvalue weighted by Crippen LogP contribution is -2.41. The molecule has 5 nitrogen and oxygen atoms in total. The lowest BCUT2D eigenvalue weighted by atomic mass is 9.98. The molecule has 1 saturated heterocycles. The number of nitriles is 1. The van der Waals surface area contributed by atoms with Gasteiger partial charge in [-0.2, -0.15) is 5.26 Å². The lowest BCUT2D eigenvalue weighted by Gasteiger charge is -2.33. The predicted octanol–water partition coefficient (Wildman–Crippen LogP) is 1.61. The summed E-state index contributed by atoms with van der Waals surface area (Å²) in [5, 5.41) is 11.9. The zero-order valence-electron chi connectivity index (χ0n) is 12.0. The summed E-state index contributed by atoms with van der Waals surface area (Å²) in [6, 6.07) is 6.04. The molecule has 1 aliphatic rings. The van der Waals surface area contributed by atoms with E-state index in [2.05, 4.69) is 21.3 Å². The van der Waals surface area contributed by atoms with Gasteiger partial charge in [0, 0.05) is 26.6 Å². The van der Waals surface area contributed by atoms with Crippen LogP contribution < -0.4 is 10.2 Å². The number of anilines is 1. The number of amides is 1. The van der Waals surface area contributed by atoms with Crippen molar-refractivity contribution in [3.05, 3.63) is 23.4 Å². The molecule has 0 saturated carbocycles. The monoisotopic (exact) mass is 272 g/mol. The van der Waals surface area contributed by atoms with Crippen LogP contribution in [0.4, 0.5) is 5.82 Å². The largest absolute Gasteiger partial charge is 0.356 e. The Kier molecular flexibility index (Phi) is 4.57. The van der Waals surface area contributed by atoms with E-state index >= 15 is 0 Å². The van der Waals surface area contributed by atoms with Crippen molar-refractivity contribution in [1.82, 2.24) is 10.3 Å². The van der Waals surface area contributed by atoms with E-state index in [1.807, 2.05) is 19.1 Å². The highest BCUT2D eigenvalue weighted by Gasteiger charge is 2.21. The summed E-state index contributed by atoms with van der Waals surface area (Å²) >= 11 is 0. The average Bonchev–Trinajstić information content (AvgIpc) is 2.46. The van der Waals surface area contributed by atoms with Crippen molar-refractivity contribution >= 4 is 11.7 Å². The molecule has 0 aromatic carbocycles. The van der Waals surface area contributed by atoms with Crippen molar-refractivity contribution in [3.63, 3.8) is 0 Å². The SMILES string of the molecule is CC(=O)NCC1CCCN(c2ccc(C)c(C#N)n2)C1. The molecule has 1 aromatic rings. The van der Waals surface area contributed by atoms with E-state index in [1.54, 1.807) is 6.92 Å². The number of aromatic nitrogens is 1. The Morgan fingerprint density at radius 3 is 3.10 bits per heavy atom. The summed E-state index contributed by atoms with van der Waals surface area (Å²) in [4.78, 5) is 17.6. The van der Waals surface area contributed by atoms with Gasteiger partial charge in [0.25, 0.3) is 0 Å². The highest BCUT2D eigenvalue weighted by molar-refractivity contribution is 5.72. The number of pyridine rings is 1. The van der Waals surface area contributed by atoms with Crippen molar-refractivity contribution in [1.29, 1.82) is 5.26 Å². The van der Waals surface area contributed by atoms with Gasteiger partial charge >= 0.3 is 0 Å². The van der Waals surface area contributed by atoms with E-state index in [0.717, 1.165) is 37.3 Å². The van der Waals surface area contributed by atoms with Crippen LogP contribution in [0.15, 0.2) is 12.1 Å². The van der Waals surface area contributed by atoms with Gasteiger partial charge in [0.15, 0.2) is 0 Å². The molecule has 0 bridgehead atoms. The van der Waals surface area contributed by atoms with E-state index in [4.69, 9.17) is 5.26 Å². The second-order valence-corrected chi connectivity index (χ2v) is 5.34. The molecule has 20 heavy (non-hydrogen) atoms. The first kappa shape index (κ1) is 14.3. The maximum atomic E-state index is 11.0. The van der Waals surface area contributed by atoms with Crippen LogP contribution in [-0.2, 0) is 4.79 Å². The second-order valence-electron chi connectivity index (χ2n) is 5.34. The highest BCUT2D eigenvalue weighted by atomic mass is 16.1. The van der Waals surface area contributed by atoms with Crippen LogP contribution >= 0.6 is 0 Å². The Balaban J connectivity index is 2.05. The van der Waals surface area contributed by atoms with Gasteiger partial charge in [-0.15, -0.1) is 0 Å². The van der Waals surface area contributed by atoms with Gasteiger partial charge in [0.05, 0.1) is 0 Å². The van der Waals surface area contributed by atoms with Crippen molar-refractivity contribution in [2.24, 2.45) is 5.92 Å². The van der Waals surface area contributed by atoms with Crippen LogP contribution in [0.2, 0.25) is 0 Å². The molecular formula is C15H20N4O. The Hall–Kier alpha value is -2.09. The second kappa shape index (κ2) is 6.38. The van der Waals surface area contributed by atoms with Crippen LogP contribution in [0.5, 0.6) is 0 Å². The van der Waals surface area contributed by atoms with Gasteiger partial charge in [0.2, 0.25) is 5.91 Å². The summed E-state index contributed by atoms with van der Waals surface area (Å²) in [6.07, 6.45) is 2.20. The van der Waals surface area contributed by atoms with E-state index in [-0.39, 0.29) is 5.91 Å². The number of rotatable bonds is 3. The summed E-state index contributed by atoms with van der Waals surface area (Å²) in [5.41, 5.74) is 1.40. The van der Waals surface area contributed by atoms with Crippen molar-refractivity contribution in [2.45, 2.75) is 26.7 Å². The van der Waals surface area contributed by atoms with E-state index < -0.39 is 0 Å². The topological polar surface area (TPSA) is 69.0 Å². The average molecular weight is 272 g/mol. The highest BCUT2D eigenvalue weighted by Crippen LogP contribution is 2.22. The quantitative estimate of drug-likeness (QED) is 0.907. The molecule has 0 radical (unpaired) electrons. The van der Waals surface area contributed by atoms with Gasteiger partial charge in [-0.1, -0.05) is 6.07 Å². The molecule has 106 valence electrons. The minimum absolute atomic E-state index is 0.0161. The molecule has 1 unspecified atom stereocenters. The Morgan fingerprint density at radius 2 is 2.40 bits per heavy atom. The normalized spacial score (nSPS) is 18.4. The molecule has 1 atom stereocenters. The minimum atomic E-state index is 0.0161. The van der Waals surface area contributed by atoms with E-state index in [1.165, 1.54) is 0 Å². The summed E-state index contributed by atoms with van der Waals surface area (Å²) in [7, 11) is 0. The van der Waals surface area contributed by atoms with E-state index in [9.17, 15) is 4.79 Å². The zero-order valence-corrected chi connectivity index (χ0v) is 12.0. The maximum absolute atomic E-state index is 11.0. The first-order chi connectivity index (χ1) is 9.60. The third-order valence-electron chi connectivity index (χ3n) is 3.67. The number of nitrogens with one attached hydrogen (secondary N) is 1. The summed E-state index contributed by atoms with van der Waals surface area (Å²) in [6.45, 7) is 5.98. The maximum Gasteiger partial charge on any atom is 0.216 e. The molecule has 5 heteroatoms. The summed E-state index contributed by atoms with van der Waals surface area (Å²) in [5.74, 6) is 1.32. The Morgan fingerprint density at radius 1 is 1.60 bits per heavy atom. The first-order valence-electron chi connectivity index (χ1n) is 6.97. The third kappa shape index (κ3) is 3.47. The van der Waals surface area contributed by atoms with Crippen molar-refractivity contribution in [2.75, 3.05) is 24.5 Å². The smallest absolute Gasteiger partial charge is 0.216 e. The number of hydrogen-bond acceptors (Lipinski definition) is 4. The van der Waals surface area contributed by atoms with Gasteiger partial charge in [-0.05, 0) is 37.3 Å². The minimum Gasteiger partial charge on any atom is -0.356 e. The van der Waals surface area contributed by atoms with Crippen LogP contribution in [0.1, 0.15) is 31.0 Å². The molecule has 1 aromatic heterocycles. The van der Waals surface area contributed by atoms with Gasteiger partial charge < -0.3 is 10.2 Å². The van der Waals surface area contributed by atoms with Gasteiger partial charge in [-0.25, -0.2) is 4.98 Å². The van der Waals surface area contributed by atoms with E-state index in [0.29, 0.717) is 18.2 Å². The zero-order chi connectivity index (χ0) is 14.5. The molecular weight excluding hydrogens is 252 g/mol. The number of nitrogens with zero attached hydrogens (tertiary/aromatic N) is 3. The fraction of sp³-hybridized carbons (Fsp3) is 0.533. The molecule has 2 rings (SSSR count). The molecule has 1 N–H and O–H groups in total. The number of hydrogen-bond donors (Lipinski definition) is 1. The van der Waals surface area contributed by atoms with Crippen LogP contribution in [0.25, 0.3) is 0 Å². The number of carbonyl (C=O) groups is 1. The van der Waals surface area contributed by atoms with Crippen molar-refractivity contribution in [3.8, 4) is 6.07 Å². The summed E-state index contributed by atoms with van der Waals surface area (Å²) < 4.78 is 0. The number of aryl methyl sites for hydroxylation is 1. The molecule has 0 aliphatic carbocycles. The molecule has 1 fully saturated rings. The molecule has 1 amide bonds. The predicted molar refractivity (Wildman–Crippen MR) is 77.3 cm³/mol. The third-order valence-corrected chi connectivity index (χ3v) is 3.67. The Labute approximate surface area is 119 Å². The standard InChI is InChI=1S/C15H20N4O/c1-11-5-6-15(18-14(11)8-16)19-7-3-4-13(10-19)9-17-12(2)20/h5-6,13H,3-4,7,9-10H2,1-2H3,(H,17,20). The number of carbonyl (C=O) groups excluding carboxylic acids is 1. The fourth-order valence-electron chi connectivity index (χ4n) is 2.54. The van der Waals surface area contributed by atoms with Gasteiger partial charge in [-0.3, -0.25) is 4.79 Å². The fourth-order valence-corrected chi connectivity index (χ4v) is 2.54. The van der Waals surface area contributed by atoms with Gasteiger partial charge in [0.1, 0.15) is 17.6 Å². The van der Waals surface area contributed by atoms with Crippen LogP contribution in [0.3, 0.4) is 0 Å². The lowest BCUT2D eigenvalue weighted by molar-refractivity contribution is -0.119.